The lowest BCUT2D eigenvalue weighted by atomic mass is 9.74. The minimum Gasteiger partial charge on any atom is -0.315 e. The van der Waals surface area contributed by atoms with Crippen LogP contribution in [0.5, 0.6) is 0 Å². The zero-order chi connectivity index (χ0) is 12.3. The van der Waals surface area contributed by atoms with E-state index in [0.29, 0.717) is 5.41 Å². The molecule has 0 spiro atoms. The lowest BCUT2D eigenvalue weighted by Gasteiger charge is -2.42. The number of likely N-dealkylation sites (N-methyl/N-ethyl adjacent to an activating group) is 1. The summed E-state index contributed by atoms with van der Waals surface area (Å²) in [6.07, 6.45) is 8.48. The summed E-state index contributed by atoms with van der Waals surface area (Å²) in [5.41, 5.74) is 0.672. The van der Waals surface area contributed by atoms with Gasteiger partial charge in [-0.2, -0.15) is 0 Å². The molecule has 0 radical (unpaired) electrons. The molecular weight excluding hydrogens is 208 g/mol. The minimum absolute atomic E-state index is 0.672. The van der Waals surface area contributed by atoms with Crippen molar-refractivity contribution < 1.29 is 0 Å². The summed E-state index contributed by atoms with van der Waals surface area (Å²) in [4.78, 5) is 2.70. The lowest BCUT2D eigenvalue weighted by Crippen LogP contribution is -2.46. The van der Waals surface area contributed by atoms with Crippen LogP contribution in [0.2, 0.25) is 0 Å². The van der Waals surface area contributed by atoms with Gasteiger partial charge in [-0.25, -0.2) is 0 Å². The van der Waals surface area contributed by atoms with Gasteiger partial charge in [0, 0.05) is 12.6 Å². The Labute approximate surface area is 107 Å². The fourth-order valence-electron chi connectivity index (χ4n) is 3.42. The first kappa shape index (κ1) is 13.4. The molecule has 2 fully saturated rings. The SMILES string of the molecule is CCC1(CC)CCN(CC(NC)C2CC2)CC1. The quantitative estimate of drug-likeness (QED) is 0.765. The first-order chi connectivity index (χ1) is 8.23. The van der Waals surface area contributed by atoms with E-state index in [-0.39, 0.29) is 0 Å². The summed E-state index contributed by atoms with van der Waals surface area (Å²) in [5.74, 6) is 0.976. The molecule has 1 aliphatic heterocycles. The number of likely N-dealkylation sites (tertiary alicyclic amines) is 1. The molecule has 1 saturated heterocycles. The Morgan fingerprint density at radius 1 is 1.18 bits per heavy atom. The maximum atomic E-state index is 3.52. The van der Waals surface area contributed by atoms with Crippen LogP contribution in [0.15, 0.2) is 0 Å². The van der Waals surface area contributed by atoms with Gasteiger partial charge >= 0.3 is 0 Å². The summed E-state index contributed by atoms with van der Waals surface area (Å²) in [5, 5.41) is 3.52. The van der Waals surface area contributed by atoms with Gasteiger partial charge in [-0.05, 0) is 57.2 Å². The Kier molecular flexibility index (Phi) is 4.48. The molecular formula is C15H30N2. The van der Waals surface area contributed by atoms with Crippen molar-refractivity contribution in [3.63, 3.8) is 0 Å². The van der Waals surface area contributed by atoms with Crippen LogP contribution in [0.4, 0.5) is 0 Å². The van der Waals surface area contributed by atoms with Crippen LogP contribution in [0.3, 0.4) is 0 Å². The molecule has 0 bridgehead atoms. The first-order valence-corrected chi connectivity index (χ1v) is 7.62. The van der Waals surface area contributed by atoms with Crippen molar-refractivity contribution in [1.82, 2.24) is 10.2 Å². The van der Waals surface area contributed by atoms with E-state index in [1.807, 2.05) is 0 Å². The van der Waals surface area contributed by atoms with Crippen molar-refractivity contribution in [2.75, 3.05) is 26.7 Å². The second-order valence-electron chi connectivity index (χ2n) is 6.24. The van der Waals surface area contributed by atoms with Crippen LogP contribution in [-0.2, 0) is 0 Å². The van der Waals surface area contributed by atoms with Gasteiger partial charge in [0.1, 0.15) is 0 Å². The zero-order valence-electron chi connectivity index (χ0n) is 12.0. The second-order valence-corrected chi connectivity index (χ2v) is 6.24. The number of rotatable bonds is 6. The summed E-state index contributed by atoms with van der Waals surface area (Å²) in [6, 6.07) is 0.755. The molecule has 1 heterocycles. The third-order valence-electron chi connectivity index (χ3n) is 5.43. The lowest BCUT2D eigenvalue weighted by molar-refractivity contribution is 0.0872. The van der Waals surface area contributed by atoms with E-state index in [1.54, 1.807) is 0 Å². The van der Waals surface area contributed by atoms with Crippen LogP contribution in [0, 0.1) is 11.3 Å². The fourth-order valence-corrected chi connectivity index (χ4v) is 3.42. The molecule has 1 saturated carbocycles. The van der Waals surface area contributed by atoms with Gasteiger partial charge in [0.05, 0.1) is 0 Å². The number of hydrogen-bond acceptors (Lipinski definition) is 2. The standard InChI is InChI=1S/C15H30N2/c1-4-15(5-2)8-10-17(11-9-15)12-14(16-3)13-6-7-13/h13-14,16H,4-12H2,1-3H3. The molecule has 100 valence electrons. The van der Waals surface area contributed by atoms with E-state index in [1.165, 1.54) is 58.2 Å². The third kappa shape index (κ3) is 3.23. The number of nitrogens with one attached hydrogen (secondary N) is 1. The van der Waals surface area contributed by atoms with Crippen molar-refractivity contribution in [1.29, 1.82) is 0 Å². The number of piperidine rings is 1. The van der Waals surface area contributed by atoms with Crippen LogP contribution >= 0.6 is 0 Å². The van der Waals surface area contributed by atoms with Crippen LogP contribution < -0.4 is 5.32 Å². The summed E-state index contributed by atoms with van der Waals surface area (Å²) in [7, 11) is 2.13. The molecule has 1 unspecified atom stereocenters. The highest BCUT2D eigenvalue weighted by atomic mass is 15.2. The van der Waals surface area contributed by atoms with Gasteiger partial charge in [-0.1, -0.05) is 26.7 Å². The monoisotopic (exact) mass is 238 g/mol. The van der Waals surface area contributed by atoms with E-state index in [9.17, 15) is 0 Å². The molecule has 17 heavy (non-hydrogen) atoms. The van der Waals surface area contributed by atoms with Gasteiger partial charge in [-0.15, -0.1) is 0 Å². The number of hydrogen-bond donors (Lipinski definition) is 1. The molecule has 0 aromatic carbocycles. The van der Waals surface area contributed by atoms with Crippen LogP contribution in [0.25, 0.3) is 0 Å². The fraction of sp³-hybridized carbons (Fsp3) is 1.00. The van der Waals surface area contributed by atoms with Crippen molar-refractivity contribution in [3.05, 3.63) is 0 Å². The van der Waals surface area contributed by atoms with E-state index >= 15 is 0 Å². The van der Waals surface area contributed by atoms with Crippen molar-refractivity contribution in [2.45, 2.75) is 58.4 Å². The Balaban J connectivity index is 1.78. The smallest absolute Gasteiger partial charge is 0.0220 e. The normalized spacial score (nSPS) is 27.0. The predicted molar refractivity (Wildman–Crippen MR) is 74.3 cm³/mol. The van der Waals surface area contributed by atoms with Gasteiger partial charge in [0.25, 0.3) is 0 Å². The molecule has 1 N–H and O–H groups in total. The Hall–Kier alpha value is -0.0800. The summed E-state index contributed by atoms with van der Waals surface area (Å²) < 4.78 is 0. The van der Waals surface area contributed by atoms with Crippen LogP contribution in [-0.4, -0.2) is 37.6 Å². The van der Waals surface area contributed by atoms with Crippen molar-refractivity contribution >= 4 is 0 Å². The predicted octanol–water partition coefficient (Wildman–Crippen LogP) is 2.89. The molecule has 0 amide bonds. The van der Waals surface area contributed by atoms with Crippen molar-refractivity contribution in [2.24, 2.45) is 11.3 Å². The average Bonchev–Trinajstić information content (AvgIpc) is 3.21. The average molecular weight is 238 g/mol. The van der Waals surface area contributed by atoms with Gasteiger partial charge < -0.3 is 10.2 Å². The van der Waals surface area contributed by atoms with Crippen LogP contribution in [0.1, 0.15) is 52.4 Å². The maximum absolute atomic E-state index is 3.52. The molecule has 2 aliphatic rings. The van der Waals surface area contributed by atoms with E-state index in [0.717, 1.165) is 12.0 Å². The second kappa shape index (κ2) is 5.71. The molecule has 2 rings (SSSR count). The zero-order valence-corrected chi connectivity index (χ0v) is 12.0. The van der Waals surface area contributed by atoms with Gasteiger partial charge in [0.2, 0.25) is 0 Å². The highest BCUT2D eigenvalue weighted by molar-refractivity contribution is 4.90. The molecule has 2 nitrogen and oxygen atoms in total. The third-order valence-corrected chi connectivity index (χ3v) is 5.43. The van der Waals surface area contributed by atoms with Gasteiger partial charge in [0.15, 0.2) is 0 Å². The topological polar surface area (TPSA) is 15.3 Å². The van der Waals surface area contributed by atoms with Gasteiger partial charge in [-0.3, -0.25) is 0 Å². The van der Waals surface area contributed by atoms with E-state index < -0.39 is 0 Å². The molecule has 1 aliphatic carbocycles. The maximum Gasteiger partial charge on any atom is 0.0220 e. The molecule has 2 heteroatoms. The Morgan fingerprint density at radius 2 is 1.76 bits per heavy atom. The molecule has 1 atom stereocenters. The van der Waals surface area contributed by atoms with E-state index in [4.69, 9.17) is 0 Å². The first-order valence-electron chi connectivity index (χ1n) is 7.62. The van der Waals surface area contributed by atoms with Crippen molar-refractivity contribution in [3.8, 4) is 0 Å². The largest absolute Gasteiger partial charge is 0.315 e. The molecule has 0 aromatic heterocycles. The Bertz CT molecular complexity index is 221. The number of nitrogens with zero attached hydrogens (tertiary/aromatic N) is 1. The summed E-state index contributed by atoms with van der Waals surface area (Å²) in [6.45, 7) is 8.68. The molecule has 0 aromatic rings. The Morgan fingerprint density at radius 3 is 2.18 bits per heavy atom. The van der Waals surface area contributed by atoms with E-state index in [2.05, 4.69) is 31.1 Å². The highest BCUT2D eigenvalue weighted by Gasteiger charge is 2.35. The highest BCUT2D eigenvalue weighted by Crippen LogP contribution is 2.38. The summed E-state index contributed by atoms with van der Waals surface area (Å²) >= 11 is 0. The minimum atomic E-state index is 0.672.